The molecule has 0 radical (unpaired) electrons. The molecule has 2 aliphatic rings. The summed E-state index contributed by atoms with van der Waals surface area (Å²) in [5.41, 5.74) is 2.58. The van der Waals surface area contributed by atoms with Gasteiger partial charge in [-0.3, -0.25) is 9.59 Å². The number of fused-ring (bicyclic) bond motifs is 1. The zero-order valence-corrected chi connectivity index (χ0v) is 14.9. The molecule has 4 rings (SSSR count). The van der Waals surface area contributed by atoms with E-state index in [-0.39, 0.29) is 22.4 Å². The van der Waals surface area contributed by atoms with Crippen LogP contribution in [0.4, 0.5) is 10.1 Å². The van der Waals surface area contributed by atoms with Crippen molar-refractivity contribution in [2.45, 2.75) is 25.8 Å². The van der Waals surface area contributed by atoms with Crippen LogP contribution in [0.15, 0.2) is 36.4 Å². The lowest BCUT2D eigenvalue weighted by molar-refractivity contribution is -0.133. The lowest BCUT2D eigenvalue weighted by Gasteiger charge is -2.29. The fraction of sp³-hybridized carbons (Fsp3) is 0.300. The molecule has 1 saturated carbocycles. The number of anilines is 1. The van der Waals surface area contributed by atoms with Crippen molar-refractivity contribution < 1.29 is 14.0 Å². The Morgan fingerprint density at radius 2 is 1.96 bits per heavy atom. The molecule has 1 aliphatic carbocycles. The summed E-state index contributed by atoms with van der Waals surface area (Å²) >= 11 is 5.95. The summed E-state index contributed by atoms with van der Waals surface area (Å²) in [5.74, 6) is -0.824. The molecule has 1 heterocycles. The van der Waals surface area contributed by atoms with E-state index >= 15 is 0 Å². The third-order valence-corrected chi connectivity index (χ3v) is 5.22. The van der Waals surface area contributed by atoms with Crippen LogP contribution in [-0.2, 0) is 17.8 Å². The first kappa shape index (κ1) is 17.0. The summed E-state index contributed by atoms with van der Waals surface area (Å²) in [5, 5.41) is 2.77. The Morgan fingerprint density at radius 3 is 2.69 bits per heavy atom. The summed E-state index contributed by atoms with van der Waals surface area (Å²) in [7, 11) is 0. The molecular weight excluding hydrogens is 355 g/mol. The van der Waals surface area contributed by atoms with E-state index in [1.807, 2.05) is 17.0 Å². The van der Waals surface area contributed by atoms with Gasteiger partial charge in [-0.2, -0.15) is 0 Å². The topological polar surface area (TPSA) is 49.4 Å². The summed E-state index contributed by atoms with van der Waals surface area (Å²) in [6.45, 7) is 1.29. The summed E-state index contributed by atoms with van der Waals surface area (Å²) < 4.78 is 13.9. The van der Waals surface area contributed by atoms with Crippen molar-refractivity contribution in [2.24, 2.45) is 5.92 Å². The largest absolute Gasteiger partial charge is 0.338 e. The zero-order chi connectivity index (χ0) is 18.3. The third-order valence-electron chi connectivity index (χ3n) is 4.90. The second-order valence-corrected chi connectivity index (χ2v) is 7.23. The molecule has 6 heteroatoms. The highest BCUT2D eigenvalue weighted by Crippen LogP contribution is 2.33. The number of benzene rings is 2. The van der Waals surface area contributed by atoms with Gasteiger partial charge in [0.05, 0.1) is 10.6 Å². The highest BCUT2D eigenvalue weighted by Gasteiger charge is 2.34. The smallest absolute Gasteiger partial charge is 0.260 e. The van der Waals surface area contributed by atoms with Crippen molar-refractivity contribution in [3.8, 4) is 0 Å². The molecule has 134 valence electrons. The minimum absolute atomic E-state index is 0.0710. The first-order valence-corrected chi connectivity index (χ1v) is 9.06. The van der Waals surface area contributed by atoms with E-state index in [2.05, 4.69) is 5.32 Å². The molecule has 26 heavy (non-hydrogen) atoms. The van der Waals surface area contributed by atoms with Crippen molar-refractivity contribution in [3.63, 3.8) is 0 Å². The Labute approximate surface area is 155 Å². The van der Waals surface area contributed by atoms with Crippen molar-refractivity contribution in [3.05, 3.63) is 63.9 Å². The van der Waals surface area contributed by atoms with Crippen LogP contribution >= 0.6 is 11.6 Å². The molecule has 0 unspecified atom stereocenters. The van der Waals surface area contributed by atoms with E-state index in [9.17, 15) is 14.0 Å². The highest BCUT2D eigenvalue weighted by atomic mass is 35.5. The molecule has 0 bridgehead atoms. The maximum absolute atomic E-state index is 13.9. The summed E-state index contributed by atoms with van der Waals surface area (Å²) in [4.78, 5) is 26.6. The molecule has 0 atom stereocenters. The Morgan fingerprint density at radius 1 is 1.15 bits per heavy atom. The lowest BCUT2D eigenvalue weighted by Crippen LogP contribution is -2.36. The highest BCUT2D eigenvalue weighted by molar-refractivity contribution is 6.34. The first-order valence-electron chi connectivity index (χ1n) is 8.69. The molecule has 2 aromatic rings. The molecule has 2 aromatic carbocycles. The maximum Gasteiger partial charge on any atom is 0.260 e. The van der Waals surface area contributed by atoms with Gasteiger partial charge in [0.2, 0.25) is 5.91 Å². The molecule has 1 aliphatic heterocycles. The molecule has 0 aromatic heterocycles. The zero-order valence-electron chi connectivity index (χ0n) is 14.1. The van der Waals surface area contributed by atoms with Crippen molar-refractivity contribution in [1.29, 1.82) is 0 Å². The lowest BCUT2D eigenvalue weighted by atomic mass is 9.98. The van der Waals surface area contributed by atoms with E-state index in [1.165, 1.54) is 23.8 Å². The molecule has 0 spiro atoms. The Hall–Kier alpha value is -2.40. The van der Waals surface area contributed by atoms with Crippen molar-refractivity contribution in [1.82, 2.24) is 4.90 Å². The van der Waals surface area contributed by atoms with Crippen LogP contribution in [0.25, 0.3) is 0 Å². The molecule has 1 fully saturated rings. The monoisotopic (exact) mass is 372 g/mol. The van der Waals surface area contributed by atoms with Crippen LogP contribution in [-0.4, -0.2) is 23.3 Å². The first-order chi connectivity index (χ1) is 12.5. The molecule has 0 saturated heterocycles. The molecular formula is C20H18ClFN2O2. The fourth-order valence-electron chi connectivity index (χ4n) is 3.32. The van der Waals surface area contributed by atoms with Gasteiger partial charge in [-0.15, -0.1) is 0 Å². The molecule has 4 nitrogen and oxygen atoms in total. The number of amides is 2. The van der Waals surface area contributed by atoms with E-state index in [0.717, 1.165) is 31.4 Å². The normalized spacial score (nSPS) is 16.2. The van der Waals surface area contributed by atoms with Crippen LogP contribution in [0, 0.1) is 11.7 Å². The average molecular weight is 373 g/mol. The van der Waals surface area contributed by atoms with Crippen molar-refractivity contribution in [2.75, 3.05) is 11.9 Å². The Balaban J connectivity index is 1.53. The van der Waals surface area contributed by atoms with Crippen LogP contribution in [0.5, 0.6) is 0 Å². The number of carbonyl (C=O) groups is 2. The number of nitrogens with zero attached hydrogens (tertiary/aromatic N) is 1. The second kappa shape index (κ2) is 6.72. The number of carbonyl (C=O) groups excluding carboxylic acids is 2. The number of hydrogen-bond acceptors (Lipinski definition) is 2. The van der Waals surface area contributed by atoms with E-state index in [0.29, 0.717) is 12.2 Å². The number of halogens is 2. The van der Waals surface area contributed by atoms with Gasteiger partial charge in [-0.1, -0.05) is 23.7 Å². The van der Waals surface area contributed by atoms with Gasteiger partial charge < -0.3 is 10.2 Å². The predicted molar refractivity (Wildman–Crippen MR) is 97.7 cm³/mol. The Kier molecular flexibility index (Phi) is 4.41. The van der Waals surface area contributed by atoms with Gasteiger partial charge in [0.1, 0.15) is 5.82 Å². The maximum atomic E-state index is 13.9. The minimum Gasteiger partial charge on any atom is -0.338 e. The minimum atomic E-state index is -0.658. The summed E-state index contributed by atoms with van der Waals surface area (Å²) in [6, 6.07) is 9.74. The van der Waals surface area contributed by atoms with Crippen LogP contribution in [0.1, 0.15) is 34.3 Å². The molecule has 2 amide bonds. The number of hydrogen-bond donors (Lipinski definition) is 1. The van der Waals surface area contributed by atoms with E-state index < -0.39 is 11.7 Å². The van der Waals surface area contributed by atoms with Crippen molar-refractivity contribution >= 4 is 29.1 Å². The van der Waals surface area contributed by atoms with Gasteiger partial charge in [0.25, 0.3) is 5.91 Å². The van der Waals surface area contributed by atoms with Crippen LogP contribution < -0.4 is 5.32 Å². The van der Waals surface area contributed by atoms with Gasteiger partial charge in [-0.25, -0.2) is 4.39 Å². The van der Waals surface area contributed by atoms with Crippen LogP contribution in [0.2, 0.25) is 5.02 Å². The third kappa shape index (κ3) is 3.31. The number of rotatable bonds is 3. The standard InChI is InChI=1S/C20H18ClFN2O2/c21-16-2-1-3-17(22)18(16)19(25)23-15-7-6-12-8-9-24(11-14(12)10-15)20(26)13-4-5-13/h1-3,6-7,10,13H,4-5,8-9,11H2,(H,23,25). The summed E-state index contributed by atoms with van der Waals surface area (Å²) in [6.07, 6.45) is 2.78. The average Bonchev–Trinajstić information content (AvgIpc) is 3.45. The van der Waals surface area contributed by atoms with Gasteiger partial charge in [-0.05, 0) is 54.7 Å². The second-order valence-electron chi connectivity index (χ2n) is 6.82. The van der Waals surface area contributed by atoms with E-state index in [1.54, 1.807) is 6.07 Å². The fourth-order valence-corrected chi connectivity index (χ4v) is 3.57. The Bertz CT molecular complexity index is 875. The van der Waals surface area contributed by atoms with Gasteiger partial charge >= 0.3 is 0 Å². The predicted octanol–water partition coefficient (Wildman–Crippen LogP) is 4.03. The SMILES string of the molecule is O=C(Nc1ccc2c(c1)CN(C(=O)C1CC1)CC2)c1c(F)cccc1Cl. The molecule has 1 N–H and O–H groups in total. The number of nitrogens with one attached hydrogen (secondary N) is 1. The van der Waals surface area contributed by atoms with Gasteiger partial charge in [0.15, 0.2) is 0 Å². The quantitative estimate of drug-likeness (QED) is 0.884. The van der Waals surface area contributed by atoms with Gasteiger partial charge in [0, 0.05) is 24.7 Å². The van der Waals surface area contributed by atoms with E-state index in [4.69, 9.17) is 11.6 Å². The van der Waals surface area contributed by atoms with Crippen LogP contribution in [0.3, 0.4) is 0 Å².